The van der Waals surface area contributed by atoms with E-state index in [1.807, 2.05) is 73.3 Å². The molecule has 0 unspecified atom stereocenters. The molecule has 1 N–H and O–H groups in total. The number of halogens is 1. The Morgan fingerprint density at radius 1 is 1.00 bits per heavy atom. The minimum Gasteiger partial charge on any atom is -0.481 e. The third kappa shape index (κ3) is 5.11. The van der Waals surface area contributed by atoms with Gasteiger partial charge >= 0.3 is 0 Å². The zero-order chi connectivity index (χ0) is 24.2. The monoisotopic (exact) mass is 460 g/mol. The molecule has 3 aromatic rings. The molecule has 0 radical (unpaired) electrons. The van der Waals surface area contributed by atoms with Crippen LogP contribution in [-0.2, 0) is 16.0 Å². The molecule has 5 nitrogen and oxygen atoms in total. The minimum atomic E-state index is -0.733. The maximum atomic E-state index is 14.1. The van der Waals surface area contributed by atoms with E-state index in [4.69, 9.17) is 4.74 Å². The van der Waals surface area contributed by atoms with Crippen molar-refractivity contribution in [1.82, 2.24) is 4.90 Å². The highest BCUT2D eigenvalue weighted by Gasteiger charge is 2.33. The van der Waals surface area contributed by atoms with Crippen LogP contribution in [0.1, 0.15) is 43.5 Å². The van der Waals surface area contributed by atoms with Crippen LogP contribution in [0.15, 0.2) is 72.8 Å². The van der Waals surface area contributed by atoms with Gasteiger partial charge in [0.2, 0.25) is 5.91 Å². The molecule has 1 heterocycles. The standard InChI is InChI=1S/C28H29FN2O3/c1-18(2)28(33)31-15-14-20-12-13-24(17-25(20)26(31)21-8-7-9-22(29)16-21)34-19(3)27(32)30-23-10-5-4-6-11-23/h4-13,16-19,26H,14-15H2,1-3H3,(H,30,32)/t19-,26+/m0/s1. The normalized spacial score (nSPS) is 16.0. The van der Waals surface area contributed by atoms with Crippen molar-refractivity contribution in [2.24, 2.45) is 5.92 Å². The lowest BCUT2D eigenvalue weighted by molar-refractivity contribution is -0.136. The Morgan fingerprint density at radius 2 is 1.76 bits per heavy atom. The van der Waals surface area contributed by atoms with Crippen molar-refractivity contribution in [3.63, 3.8) is 0 Å². The van der Waals surface area contributed by atoms with Gasteiger partial charge in [0.05, 0.1) is 6.04 Å². The summed E-state index contributed by atoms with van der Waals surface area (Å²) in [5.41, 5.74) is 3.37. The van der Waals surface area contributed by atoms with Gasteiger partial charge in [-0.3, -0.25) is 9.59 Å². The van der Waals surface area contributed by atoms with Crippen LogP contribution in [0.25, 0.3) is 0 Å². The summed E-state index contributed by atoms with van der Waals surface area (Å²) in [5, 5.41) is 2.84. The summed E-state index contributed by atoms with van der Waals surface area (Å²) >= 11 is 0. The number of nitrogens with one attached hydrogen (secondary N) is 1. The van der Waals surface area contributed by atoms with E-state index >= 15 is 0 Å². The Labute approximate surface area is 199 Å². The van der Waals surface area contributed by atoms with Gasteiger partial charge in [-0.05, 0) is 66.4 Å². The van der Waals surface area contributed by atoms with Gasteiger partial charge in [-0.25, -0.2) is 4.39 Å². The first-order valence-electron chi connectivity index (χ1n) is 11.5. The summed E-state index contributed by atoms with van der Waals surface area (Å²) in [7, 11) is 0. The van der Waals surface area contributed by atoms with Crippen molar-refractivity contribution in [3.05, 3.63) is 95.3 Å². The summed E-state index contributed by atoms with van der Waals surface area (Å²) in [6, 6.07) is 20.8. The number of nitrogens with zero attached hydrogens (tertiary/aromatic N) is 1. The van der Waals surface area contributed by atoms with Crippen molar-refractivity contribution in [3.8, 4) is 5.75 Å². The molecule has 2 amide bonds. The van der Waals surface area contributed by atoms with E-state index in [0.717, 1.165) is 11.1 Å². The number of amides is 2. The second-order valence-electron chi connectivity index (χ2n) is 8.87. The van der Waals surface area contributed by atoms with Gasteiger partial charge in [0.25, 0.3) is 5.91 Å². The number of hydrogen-bond acceptors (Lipinski definition) is 3. The largest absolute Gasteiger partial charge is 0.481 e. The van der Waals surface area contributed by atoms with E-state index in [1.165, 1.54) is 12.1 Å². The number of anilines is 1. The lowest BCUT2D eigenvalue weighted by Gasteiger charge is -2.39. The van der Waals surface area contributed by atoms with Crippen LogP contribution >= 0.6 is 0 Å². The van der Waals surface area contributed by atoms with Crippen LogP contribution < -0.4 is 10.1 Å². The number of rotatable bonds is 6. The molecule has 4 rings (SSSR count). The fourth-order valence-electron chi connectivity index (χ4n) is 4.29. The number of fused-ring (bicyclic) bond motifs is 1. The number of carbonyl (C=O) groups is 2. The van der Waals surface area contributed by atoms with E-state index in [2.05, 4.69) is 5.32 Å². The predicted molar refractivity (Wildman–Crippen MR) is 130 cm³/mol. The zero-order valence-corrected chi connectivity index (χ0v) is 19.6. The summed E-state index contributed by atoms with van der Waals surface area (Å²) in [5.74, 6) is -0.252. The van der Waals surface area contributed by atoms with Crippen molar-refractivity contribution in [2.45, 2.75) is 39.3 Å². The van der Waals surface area contributed by atoms with Gasteiger partial charge in [-0.1, -0.05) is 50.2 Å². The Balaban J connectivity index is 1.63. The predicted octanol–water partition coefficient (Wildman–Crippen LogP) is 5.36. The number of ether oxygens (including phenoxy) is 1. The molecule has 1 aliphatic rings. The van der Waals surface area contributed by atoms with Gasteiger partial charge in [0.1, 0.15) is 11.6 Å². The van der Waals surface area contributed by atoms with Gasteiger partial charge < -0.3 is 15.0 Å². The SMILES string of the molecule is CC(C)C(=O)N1CCc2ccc(O[C@@H](C)C(=O)Nc3ccccc3)cc2[C@H]1c1cccc(F)c1. The summed E-state index contributed by atoms with van der Waals surface area (Å²) < 4.78 is 20.1. The highest BCUT2D eigenvalue weighted by Crippen LogP contribution is 2.38. The first-order valence-corrected chi connectivity index (χ1v) is 11.5. The third-order valence-corrected chi connectivity index (χ3v) is 6.01. The third-order valence-electron chi connectivity index (χ3n) is 6.01. The highest BCUT2D eigenvalue weighted by atomic mass is 19.1. The highest BCUT2D eigenvalue weighted by molar-refractivity contribution is 5.94. The van der Waals surface area contributed by atoms with Crippen LogP contribution in [0.4, 0.5) is 10.1 Å². The van der Waals surface area contributed by atoms with Crippen LogP contribution in [0.5, 0.6) is 5.75 Å². The van der Waals surface area contributed by atoms with E-state index in [-0.39, 0.29) is 23.5 Å². The molecule has 0 spiro atoms. The molecule has 0 aromatic heterocycles. The Morgan fingerprint density at radius 3 is 2.47 bits per heavy atom. The molecule has 2 atom stereocenters. The smallest absolute Gasteiger partial charge is 0.265 e. The molecule has 0 aliphatic carbocycles. The molecule has 0 bridgehead atoms. The van der Waals surface area contributed by atoms with Gasteiger partial charge in [-0.2, -0.15) is 0 Å². The molecule has 6 heteroatoms. The molecular formula is C28H29FN2O3. The number of carbonyl (C=O) groups excluding carboxylic acids is 2. The molecule has 176 valence electrons. The van der Waals surface area contributed by atoms with E-state index in [9.17, 15) is 14.0 Å². The van der Waals surface area contributed by atoms with Gasteiger partial charge in [-0.15, -0.1) is 0 Å². The van der Waals surface area contributed by atoms with Crippen molar-refractivity contribution < 1.29 is 18.7 Å². The van der Waals surface area contributed by atoms with Crippen LogP contribution in [0.2, 0.25) is 0 Å². The summed E-state index contributed by atoms with van der Waals surface area (Å²) in [4.78, 5) is 27.5. The molecule has 3 aromatic carbocycles. The Hall–Kier alpha value is -3.67. The average molecular weight is 461 g/mol. The maximum absolute atomic E-state index is 14.1. The van der Waals surface area contributed by atoms with Crippen molar-refractivity contribution in [1.29, 1.82) is 0 Å². The Kier molecular flexibility index (Phi) is 6.96. The van der Waals surface area contributed by atoms with Crippen LogP contribution in [0, 0.1) is 11.7 Å². The van der Waals surface area contributed by atoms with Crippen LogP contribution in [-0.4, -0.2) is 29.4 Å². The number of hydrogen-bond donors (Lipinski definition) is 1. The molecule has 0 saturated heterocycles. The number of benzene rings is 3. The maximum Gasteiger partial charge on any atom is 0.265 e. The first kappa shape index (κ1) is 23.5. The average Bonchev–Trinajstić information content (AvgIpc) is 2.83. The molecule has 0 fully saturated rings. The number of para-hydroxylation sites is 1. The quantitative estimate of drug-likeness (QED) is 0.539. The van der Waals surface area contributed by atoms with E-state index in [0.29, 0.717) is 30.0 Å². The van der Waals surface area contributed by atoms with Gasteiger partial charge in [0, 0.05) is 18.2 Å². The summed E-state index contributed by atoms with van der Waals surface area (Å²) in [6.07, 6.45) is -0.0351. The second kappa shape index (κ2) is 10.1. The summed E-state index contributed by atoms with van der Waals surface area (Å²) in [6.45, 7) is 5.98. The lowest BCUT2D eigenvalue weighted by Crippen LogP contribution is -2.42. The lowest BCUT2D eigenvalue weighted by atomic mass is 9.87. The first-order chi connectivity index (χ1) is 16.3. The van der Waals surface area contributed by atoms with E-state index in [1.54, 1.807) is 13.0 Å². The second-order valence-corrected chi connectivity index (χ2v) is 8.87. The van der Waals surface area contributed by atoms with Crippen molar-refractivity contribution >= 4 is 17.5 Å². The molecule has 1 aliphatic heterocycles. The minimum absolute atomic E-state index is 0.0156. The topological polar surface area (TPSA) is 58.6 Å². The molecular weight excluding hydrogens is 431 g/mol. The van der Waals surface area contributed by atoms with Crippen molar-refractivity contribution in [2.75, 3.05) is 11.9 Å². The molecule has 0 saturated carbocycles. The van der Waals surface area contributed by atoms with Gasteiger partial charge in [0.15, 0.2) is 6.10 Å². The Bertz CT molecular complexity index is 1180. The fourth-order valence-corrected chi connectivity index (χ4v) is 4.29. The van der Waals surface area contributed by atoms with Crippen LogP contribution in [0.3, 0.4) is 0 Å². The van der Waals surface area contributed by atoms with E-state index < -0.39 is 12.1 Å². The zero-order valence-electron chi connectivity index (χ0n) is 19.6. The molecule has 34 heavy (non-hydrogen) atoms. The fraction of sp³-hybridized carbons (Fsp3) is 0.286.